The van der Waals surface area contributed by atoms with Crippen LogP contribution in [0.3, 0.4) is 0 Å². The summed E-state index contributed by atoms with van der Waals surface area (Å²) >= 11 is 1.65. The number of aromatic amines is 1. The Morgan fingerprint density at radius 1 is 1.42 bits per heavy atom. The van der Waals surface area contributed by atoms with E-state index >= 15 is 0 Å². The highest BCUT2D eigenvalue weighted by Crippen LogP contribution is 2.15. The number of thioether (sulfide) groups is 1. The molecular weight excluding hydrogens is 354 g/mol. The molecule has 0 bridgehead atoms. The van der Waals surface area contributed by atoms with E-state index in [4.69, 9.17) is 0 Å². The van der Waals surface area contributed by atoms with Crippen molar-refractivity contribution in [2.24, 2.45) is 0 Å². The van der Waals surface area contributed by atoms with Gasteiger partial charge >= 0.3 is 0 Å². The van der Waals surface area contributed by atoms with Crippen LogP contribution in [-0.2, 0) is 9.59 Å². The number of carbonyl (C=O) groups is 2. The molecule has 8 nitrogen and oxygen atoms in total. The highest BCUT2D eigenvalue weighted by molar-refractivity contribution is 7.98. The molecule has 0 saturated carbocycles. The predicted octanol–water partition coefficient (Wildman–Crippen LogP) is 0.421. The third kappa shape index (κ3) is 6.05. The molecule has 0 spiro atoms. The van der Waals surface area contributed by atoms with Gasteiger partial charge in [0.1, 0.15) is 6.04 Å². The summed E-state index contributed by atoms with van der Waals surface area (Å²) in [6, 6.07) is 1.03. The topological polar surface area (TPSA) is 107 Å². The van der Waals surface area contributed by atoms with Crippen LogP contribution in [0.2, 0.25) is 0 Å². The first-order valence-electron chi connectivity index (χ1n) is 8.78. The lowest BCUT2D eigenvalue weighted by atomic mass is 10.0. The number of aryl methyl sites for hydroxylation is 1. The Balaban J connectivity index is 1.89. The van der Waals surface area contributed by atoms with Crippen molar-refractivity contribution in [3.05, 3.63) is 22.1 Å². The lowest BCUT2D eigenvalue weighted by Crippen LogP contribution is -2.52. The van der Waals surface area contributed by atoms with Crippen LogP contribution in [0.5, 0.6) is 0 Å². The molecule has 9 heteroatoms. The number of H-pyrrole nitrogens is 1. The quantitative estimate of drug-likeness (QED) is 0.632. The minimum Gasteiger partial charge on any atom is -0.351 e. The lowest BCUT2D eigenvalue weighted by Gasteiger charge is -2.33. The van der Waals surface area contributed by atoms with Gasteiger partial charge in [-0.2, -0.15) is 11.8 Å². The molecule has 2 amide bonds. The first-order chi connectivity index (χ1) is 12.4. The lowest BCUT2D eigenvalue weighted by molar-refractivity contribution is -0.128. The van der Waals surface area contributed by atoms with Crippen LogP contribution in [0.1, 0.15) is 31.9 Å². The van der Waals surface area contributed by atoms with Crippen LogP contribution in [-0.4, -0.2) is 59.0 Å². The van der Waals surface area contributed by atoms with Gasteiger partial charge in [-0.05, 0) is 38.2 Å². The molecule has 1 saturated heterocycles. The van der Waals surface area contributed by atoms with Crippen molar-refractivity contribution in [1.29, 1.82) is 0 Å². The third-order valence-electron chi connectivity index (χ3n) is 4.30. The molecule has 1 aromatic heterocycles. The van der Waals surface area contributed by atoms with Gasteiger partial charge in [-0.15, -0.1) is 0 Å². The van der Waals surface area contributed by atoms with Crippen molar-refractivity contribution < 1.29 is 9.59 Å². The van der Waals surface area contributed by atoms with E-state index in [2.05, 4.69) is 20.6 Å². The number of rotatable bonds is 7. The Labute approximate surface area is 157 Å². The Bertz CT molecular complexity index is 685. The molecule has 2 heterocycles. The fourth-order valence-corrected chi connectivity index (χ4v) is 3.47. The van der Waals surface area contributed by atoms with Crippen molar-refractivity contribution in [3.8, 4) is 0 Å². The fraction of sp³-hybridized carbons (Fsp3) is 0.647. The summed E-state index contributed by atoms with van der Waals surface area (Å²) in [7, 11) is 0. The maximum Gasteiger partial charge on any atom is 0.252 e. The SMILES string of the molecule is CSCC[C@@H](NC(C)=O)C(=O)NC1CCN(c2nc(C)cc(=O)[nH]2)CC1. The number of aromatic nitrogens is 2. The van der Waals surface area contributed by atoms with Crippen molar-refractivity contribution in [2.45, 2.75) is 45.2 Å². The molecule has 0 radical (unpaired) electrons. The zero-order valence-electron chi connectivity index (χ0n) is 15.5. The van der Waals surface area contributed by atoms with Crippen molar-refractivity contribution >= 4 is 29.5 Å². The average Bonchev–Trinajstić information content (AvgIpc) is 2.58. The summed E-state index contributed by atoms with van der Waals surface area (Å²) < 4.78 is 0. The normalized spacial score (nSPS) is 16.2. The van der Waals surface area contributed by atoms with Gasteiger partial charge in [0, 0.05) is 37.8 Å². The van der Waals surface area contributed by atoms with Gasteiger partial charge in [0.05, 0.1) is 0 Å². The molecule has 0 aliphatic carbocycles. The Morgan fingerprint density at radius 3 is 2.69 bits per heavy atom. The Kier molecular flexibility index (Phi) is 7.50. The number of nitrogens with one attached hydrogen (secondary N) is 3. The molecule has 1 fully saturated rings. The number of piperidine rings is 1. The molecule has 144 valence electrons. The Morgan fingerprint density at radius 2 is 2.12 bits per heavy atom. The van der Waals surface area contributed by atoms with Gasteiger partial charge in [0.25, 0.3) is 5.56 Å². The van der Waals surface area contributed by atoms with Crippen molar-refractivity contribution in [2.75, 3.05) is 30.0 Å². The van der Waals surface area contributed by atoms with E-state index in [0.29, 0.717) is 31.2 Å². The number of hydrogen-bond donors (Lipinski definition) is 3. The smallest absolute Gasteiger partial charge is 0.252 e. The zero-order valence-corrected chi connectivity index (χ0v) is 16.3. The summed E-state index contributed by atoms with van der Waals surface area (Å²) in [6.07, 6.45) is 4.11. The number of amides is 2. The van der Waals surface area contributed by atoms with Crippen LogP contribution in [0, 0.1) is 6.92 Å². The standard InChI is InChI=1S/C17H27N5O3S/c1-11-10-15(24)21-17(18-11)22-7-4-13(5-8-22)20-16(25)14(6-9-26-3)19-12(2)23/h10,13-14H,4-9H2,1-3H3,(H,19,23)(H,20,25)(H,18,21,24)/t14-/m1/s1. The van der Waals surface area contributed by atoms with Crippen LogP contribution in [0.4, 0.5) is 5.95 Å². The highest BCUT2D eigenvalue weighted by Gasteiger charge is 2.25. The summed E-state index contributed by atoms with van der Waals surface area (Å²) in [5.41, 5.74) is 0.529. The summed E-state index contributed by atoms with van der Waals surface area (Å²) in [6.45, 7) is 4.62. The van der Waals surface area contributed by atoms with Crippen LogP contribution in [0.15, 0.2) is 10.9 Å². The summed E-state index contributed by atoms with van der Waals surface area (Å²) in [5.74, 6) is 1.06. The molecule has 1 aromatic rings. The molecule has 3 N–H and O–H groups in total. The van der Waals surface area contributed by atoms with E-state index in [1.165, 1.54) is 13.0 Å². The number of anilines is 1. The first-order valence-corrected chi connectivity index (χ1v) is 10.2. The van der Waals surface area contributed by atoms with Crippen LogP contribution >= 0.6 is 11.8 Å². The van der Waals surface area contributed by atoms with Crippen LogP contribution in [0.25, 0.3) is 0 Å². The zero-order chi connectivity index (χ0) is 19.1. The van der Waals surface area contributed by atoms with E-state index in [1.807, 2.05) is 11.2 Å². The second-order valence-electron chi connectivity index (χ2n) is 6.51. The van der Waals surface area contributed by atoms with Gasteiger partial charge in [-0.1, -0.05) is 0 Å². The predicted molar refractivity (Wildman–Crippen MR) is 104 cm³/mol. The molecule has 0 aromatic carbocycles. The minimum absolute atomic E-state index is 0.0563. The van der Waals surface area contributed by atoms with E-state index < -0.39 is 6.04 Å². The third-order valence-corrected chi connectivity index (χ3v) is 4.95. The van der Waals surface area contributed by atoms with Gasteiger partial charge in [-0.25, -0.2) is 4.98 Å². The first kappa shape index (κ1) is 20.3. The van der Waals surface area contributed by atoms with Crippen molar-refractivity contribution in [3.63, 3.8) is 0 Å². The fourth-order valence-electron chi connectivity index (χ4n) is 3.00. The molecule has 1 aliphatic heterocycles. The number of hydrogen-bond acceptors (Lipinski definition) is 6. The second kappa shape index (κ2) is 9.61. The molecule has 0 unspecified atom stereocenters. The van der Waals surface area contributed by atoms with Gasteiger partial charge in [-0.3, -0.25) is 19.4 Å². The molecule has 1 atom stereocenters. The van der Waals surface area contributed by atoms with Gasteiger partial charge in [0.15, 0.2) is 0 Å². The monoisotopic (exact) mass is 381 g/mol. The van der Waals surface area contributed by atoms with Gasteiger partial charge < -0.3 is 15.5 Å². The molecule has 26 heavy (non-hydrogen) atoms. The number of carbonyl (C=O) groups excluding carboxylic acids is 2. The molecule has 1 aliphatic rings. The summed E-state index contributed by atoms with van der Waals surface area (Å²) in [4.78, 5) is 44.6. The van der Waals surface area contributed by atoms with E-state index in [9.17, 15) is 14.4 Å². The van der Waals surface area contributed by atoms with E-state index in [-0.39, 0.29) is 23.4 Å². The average molecular weight is 382 g/mol. The van der Waals surface area contributed by atoms with Gasteiger partial charge in [0.2, 0.25) is 17.8 Å². The maximum atomic E-state index is 12.5. The van der Waals surface area contributed by atoms with Crippen LogP contribution < -0.4 is 21.1 Å². The highest BCUT2D eigenvalue weighted by atomic mass is 32.2. The van der Waals surface area contributed by atoms with E-state index in [0.717, 1.165) is 18.6 Å². The summed E-state index contributed by atoms with van der Waals surface area (Å²) in [5, 5.41) is 5.77. The maximum absolute atomic E-state index is 12.5. The van der Waals surface area contributed by atoms with Crippen molar-refractivity contribution in [1.82, 2.24) is 20.6 Å². The molecule has 2 rings (SSSR count). The second-order valence-corrected chi connectivity index (χ2v) is 7.50. The Hall–Kier alpha value is -2.03. The number of nitrogens with zero attached hydrogens (tertiary/aromatic N) is 2. The largest absolute Gasteiger partial charge is 0.351 e. The van der Waals surface area contributed by atoms with E-state index in [1.54, 1.807) is 18.7 Å². The molecular formula is C17H27N5O3S. The minimum atomic E-state index is -0.493.